The molecule has 0 radical (unpaired) electrons. The van der Waals surface area contributed by atoms with E-state index in [1.165, 1.54) is 48.5 Å². The van der Waals surface area contributed by atoms with E-state index in [4.69, 9.17) is 11.5 Å². The van der Waals surface area contributed by atoms with Crippen molar-refractivity contribution in [1.29, 1.82) is 0 Å². The second-order valence-electron chi connectivity index (χ2n) is 10.4. The second-order valence-corrected chi connectivity index (χ2v) is 10.4. The minimum atomic E-state index is -5.01. The Kier molecular flexibility index (Phi) is 11.1. The number of nitrogens with two attached hydrogens (primary N) is 2. The average Bonchev–Trinajstić information content (AvgIpc) is 3.06. The van der Waals surface area contributed by atoms with E-state index in [0.717, 1.165) is 48.5 Å². The first-order valence-electron chi connectivity index (χ1n) is 14.3. The van der Waals surface area contributed by atoms with Gasteiger partial charge < -0.3 is 16.8 Å². The van der Waals surface area contributed by atoms with Crippen LogP contribution in [0.4, 0.5) is 62.3 Å². The van der Waals surface area contributed by atoms with Gasteiger partial charge >= 0.3 is 12.4 Å². The standard InChI is InChI=1S/C21H13F5N2O2.C14H10F4N2O/c22-16-7-3-1-5-13(16)19(29)28(20(30)14-6-2-4-8-17(14)23)18-10-9-12(27)11-15(18)21(24,25)26;15-11-4-2-1-3-9(11)13(21)20-12-6-5-8(19)7-10(12)14(16,17)18/h1-11H,27H2;1-7H,19H2,(H,20,21). The van der Waals surface area contributed by atoms with Crippen molar-refractivity contribution in [2.75, 3.05) is 21.7 Å². The normalized spacial score (nSPS) is 11.2. The quantitative estimate of drug-likeness (QED) is 0.0955. The highest BCUT2D eigenvalue weighted by atomic mass is 19.4. The van der Waals surface area contributed by atoms with Crippen molar-refractivity contribution in [2.24, 2.45) is 0 Å². The number of rotatable bonds is 5. The number of nitrogens with zero attached hydrogens (tertiary/aromatic N) is 1. The molecule has 5 N–H and O–H groups in total. The molecule has 3 amide bonds. The Balaban J connectivity index is 0.000000244. The summed E-state index contributed by atoms with van der Waals surface area (Å²) in [7, 11) is 0. The van der Waals surface area contributed by atoms with Gasteiger partial charge in [-0.1, -0.05) is 36.4 Å². The number of anilines is 4. The molecule has 5 rings (SSSR count). The van der Waals surface area contributed by atoms with Crippen LogP contribution in [0.1, 0.15) is 42.2 Å². The zero-order chi connectivity index (χ0) is 37.7. The van der Waals surface area contributed by atoms with Gasteiger partial charge in [0.05, 0.1) is 39.2 Å². The van der Waals surface area contributed by atoms with Crippen LogP contribution in [0.5, 0.6) is 0 Å². The van der Waals surface area contributed by atoms with Crippen molar-refractivity contribution in [3.8, 4) is 0 Å². The Labute approximate surface area is 282 Å². The number of nitrogens with one attached hydrogen (secondary N) is 1. The highest BCUT2D eigenvalue weighted by Crippen LogP contribution is 2.39. The number of hydrogen-bond donors (Lipinski definition) is 3. The molecule has 51 heavy (non-hydrogen) atoms. The predicted molar refractivity (Wildman–Crippen MR) is 170 cm³/mol. The molecular weight excluding hydrogens is 695 g/mol. The third-order valence-electron chi connectivity index (χ3n) is 6.90. The highest BCUT2D eigenvalue weighted by Gasteiger charge is 2.39. The Morgan fingerprint density at radius 1 is 0.529 bits per heavy atom. The van der Waals surface area contributed by atoms with Crippen LogP contribution in [0.3, 0.4) is 0 Å². The monoisotopic (exact) mass is 718 g/mol. The van der Waals surface area contributed by atoms with E-state index in [2.05, 4.69) is 0 Å². The van der Waals surface area contributed by atoms with Gasteiger partial charge in [-0.2, -0.15) is 26.3 Å². The van der Waals surface area contributed by atoms with E-state index in [0.29, 0.717) is 12.1 Å². The summed E-state index contributed by atoms with van der Waals surface area (Å²) < 4.78 is 121. The maximum absolute atomic E-state index is 14.2. The fraction of sp³-hybridized carbons (Fsp3) is 0.0571. The van der Waals surface area contributed by atoms with Crippen molar-refractivity contribution in [1.82, 2.24) is 0 Å². The first-order chi connectivity index (χ1) is 23.9. The maximum Gasteiger partial charge on any atom is 0.418 e. The highest BCUT2D eigenvalue weighted by molar-refractivity contribution is 6.26. The molecule has 0 aliphatic heterocycles. The summed E-state index contributed by atoms with van der Waals surface area (Å²) in [5.41, 5.74) is 4.84. The van der Waals surface area contributed by atoms with Gasteiger partial charge in [-0.15, -0.1) is 0 Å². The van der Waals surface area contributed by atoms with Crippen LogP contribution in [0.25, 0.3) is 0 Å². The average molecular weight is 719 g/mol. The lowest BCUT2D eigenvalue weighted by molar-refractivity contribution is -0.137. The Hall–Kier alpha value is -6.32. The molecule has 7 nitrogen and oxygen atoms in total. The molecule has 0 atom stereocenters. The van der Waals surface area contributed by atoms with Gasteiger partial charge in [0.25, 0.3) is 17.7 Å². The van der Waals surface area contributed by atoms with Crippen LogP contribution >= 0.6 is 0 Å². The Bertz CT molecular complexity index is 2040. The topological polar surface area (TPSA) is 119 Å². The largest absolute Gasteiger partial charge is 0.418 e. The van der Waals surface area contributed by atoms with E-state index >= 15 is 0 Å². The van der Waals surface area contributed by atoms with Crippen LogP contribution in [0.2, 0.25) is 0 Å². The molecule has 0 heterocycles. The third kappa shape index (κ3) is 8.83. The summed E-state index contributed by atoms with van der Waals surface area (Å²) in [6.45, 7) is 0. The second kappa shape index (κ2) is 15.1. The minimum absolute atomic E-state index is 0.0915. The molecule has 0 spiro atoms. The predicted octanol–water partition coefficient (Wildman–Crippen LogP) is 8.73. The number of hydrogen-bond acceptors (Lipinski definition) is 5. The van der Waals surface area contributed by atoms with Crippen LogP contribution < -0.4 is 21.7 Å². The van der Waals surface area contributed by atoms with Crippen molar-refractivity contribution in [3.63, 3.8) is 0 Å². The zero-order valence-electron chi connectivity index (χ0n) is 25.6. The lowest BCUT2D eigenvalue weighted by Gasteiger charge is -2.25. The summed E-state index contributed by atoms with van der Waals surface area (Å²) in [4.78, 5) is 37.9. The molecule has 0 aromatic heterocycles. The van der Waals surface area contributed by atoms with Crippen LogP contribution in [0, 0.1) is 17.5 Å². The Morgan fingerprint density at radius 2 is 0.922 bits per heavy atom. The van der Waals surface area contributed by atoms with Gasteiger partial charge in [-0.3, -0.25) is 14.4 Å². The number of imide groups is 1. The summed E-state index contributed by atoms with van der Waals surface area (Å²) in [5.74, 6) is -6.69. The molecule has 5 aromatic carbocycles. The molecule has 0 aliphatic carbocycles. The SMILES string of the molecule is Nc1ccc(N(C(=O)c2ccccc2F)C(=O)c2ccccc2F)c(C(F)(F)F)c1.Nc1ccc(NC(=O)c2ccccc2F)c(C(F)(F)F)c1. The molecule has 264 valence electrons. The van der Waals surface area contributed by atoms with E-state index in [1.807, 2.05) is 5.32 Å². The molecule has 5 aromatic rings. The van der Waals surface area contributed by atoms with Crippen molar-refractivity contribution >= 4 is 40.5 Å². The molecule has 0 saturated carbocycles. The van der Waals surface area contributed by atoms with E-state index < -0.39 is 81.2 Å². The summed E-state index contributed by atoms with van der Waals surface area (Å²) in [6, 6.07) is 19.2. The molecule has 0 aliphatic rings. The number of halogens is 9. The van der Waals surface area contributed by atoms with Gasteiger partial charge in [0, 0.05) is 11.4 Å². The number of benzene rings is 5. The van der Waals surface area contributed by atoms with Crippen LogP contribution in [0.15, 0.2) is 109 Å². The minimum Gasteiger partial charge on any atom is -0.399 e. The van der Waals surface area contributed by atoms with Crippen molar-refractivity contribution < 1.29 is 53.9 Å². The van der Waals surface area contributed by atoms with Gasteiger partial charge in [0.15, 0.2) is 0 Å². The van der Waals surface area contributed by atoms with Gasteiger partial charge in [-0.25, -0.2) is 18.1 Å². The molecule has 16 heteroatoms. The van der Waals surface area contributed by atoms with Crippen LogP contribution in [-0.2, 0) is 12.4 Å². The lowest BCUT2D eigenvalue weighted by Crippen LogP contribution is -2.39. The first kappa shape index (κ1) is 37.5. The van der Waals surface area contributed by atoms with Gasteiger partial charge in [0.2, 0.25) is 0 Å². The fourth-order valence-electron chi connectivity index (χ4n) is 4.54. The van der Waals surface area contributed by atoms with Gasteiger partial charge in [-0.05, 0) is 72.8 Å². The zero-order valence-corrected chi connectivity index (χ0v) is 25.6. The van der Waals surface area contributed by atoms with E-state index in [9.17, 15) is 53.9 Å². The molecule has 0 bridgehead atoms. The summed E-state index contributed by atoms with van der Waals surface area (Å²) in [6.07, 6.45) is -9.69. The molecule has 0 unspecified atom stereocenters. The third-order valence-corrected chi connectivity index (χ3v) is 6.90. The van der Waals surface area contributed by atoms with Gasteiger partial charge in [0.1, 0.15) is 17.5 Å². The number of amides is 3. The molecular formula is C35H23F9N4O3. The molecule has 0 saturated heterocycles. The number of carbonyl (C=O) groups is 3. The van der Waals surface area contributed by atoms with E-state index in [1.54, 1.807) is 0 Å². The number of nitrogen functional groups attached to an aromatic ring is 2. The van der Waals surface area contributed by atoms with Crippen LogP contribution in [-0.4, -0.2) is 17.7 Å². The summed E-state index contributed by atoms with van der Waals surface area (Å²) in [5, 5.41) is 2.05. The lowest BCUT2D eigenvalue weighted by atomic mass is 10.1. The molecule has 0 fully saturated rings. The summed E-state index contributed by atoms with van der Waals surface area (Å²) >= 11 is 0. The number of alkyl halides is 6. The van der Waals surface area contributed by atoms with Crippen molar-refractivity contribution in [3.05, 3.63) is 154 Å². The smallest absolute Gasteiger partial charge is 0.399 e. The Morgan fingerprint density at radius 3 is 1.35 bits per heavy atom. The fourth-order valence-corrected chi connectivity index (χ4v) is 4.54. The maximum atomic E-state index is 14.2. The van der Waals surface area contributed by atoms with Crippen molar-refractivity contribution in [2.45, 2.75) is 12.4 Å². The van der Waals surface area contributed by atoms with E-state index in [-0.39, 0.29) is 21.8 Å². The number of carbonyl (C=O) groups excluding carboxylic acids is 3. The first-order valence-corrected chi connectivity index (χ1v) is 14.3.